The monoisotopic (exact) mass is 340 g/mol. The highest BCUT2D eigenvalue weighted by Crippen LogP contribution is 2.09. The lowest BCUT2D eigenvalue weighted by molar-refractivity contribution is 0.632. The molecule has 1 heterocycles. The fraction of sp³-hybridized carbons (Fsp3) is 0.118. The molecule has 7 heteroatoms. The molecule has 3 aromatic rings. The molecule has 0 amide bonds. The minimum absolute atomic E-state index is 0.342. The van der Waals surface area contributed by atoms with Crippen molar-refractivity contribution in [1.29, 1.82) is 0 Å². The normalized spacial score (nSPS) is 12.5. The summed E-state index contributed by atoms with van der Waals surface area (Å²) in [5, 5.41) is 9.05. The predicted octanol–water partition coefficient (Wildman–Crippen LogP) is 2.03. The first-order valence-corrected chi connectivity index (χ1v) is 8.56. The van der Waals surface area contributed by atoms with Gasteiger partial charge in [-0.3, -0.25) is 0 Å². The molecular formula is C17H16N4O2S. The van der Waals surface area contributed by atoms with Crippen molar-refractivity contribution in [1.82, 2.24) is 19.8 Å². The Morgan fingerprint density at radius 3 is 2.46 bits per heavy atom. The summed E-state index contributed by atoms with van der Waals surface area (Å²) in [7, 11) is -1.35. The summed E-state index contributed by atoms with van der Waals surface area (Å²) in [5.74, 6) is 0. The zero-order valence-electron chi connectivity index (χ0n) is 13.1. The van der Waals surface area contributed by atoms with Gasteiger partial charge in [0.25, 0.3) is 0 Å². The Kier molecular flexibility index (Phi) is 4.81. The number of hydrogen-bond acceptors (Lipinski definition) is 4. The van der Waals surface area contributed by atoms with Crippen molar-refractivity contribution in [2.45, 2.75) is 18.4 Å². The lowest BCUT2D eigenvalue weighted by Crippen LogP contribution is -2.23. The number of nitrogens with zero attached hydrogens (tertiary/aromatic N) is 4. The SMILES string of the molecule is Cc1ccc(S(=O)/C=C/n2nnn(Cc3ccccc3)c2=O)cc1. The van der Waals surface area contributed by atoms with Gasteiger partial charge in [0.15, 0.2) is 0 Å². The third kappa shape index (κ3) is 3.75. The Morgan fingerprint density at radius 1 is 1.04 bits per heavy atom. The molecule has 1 unspecified atom stereocenters. The molecule has 3 rings (SSSR count). The molecule has 0 N–H and O–H groups in total. The topological polar surface area (TPSA) is 69.8 Å². The summed E-state index contributed by atoms with van der Waals surface area (Å²) >= 11 is 0. The van der Waals surface area contributed by atoms with Gasteiger partial charge >= 0.3 is 5.69 Å². The maximum absolute atomic E-state index is 12.2. The van der Waals surface area contributed by atoms with Crippen LogP contribution in [0.5, 0.6) is 0 Å². The zero-order valence-corrected chi connectivity index (χ0v) is 13.9. The molecule has 0 saturated carbocycles. The average Bonchev–Trinajstić information content (AvgIpc) is 2.94. The van der Waals surface area contributed by atoms with Gasteiger partial charge in [0.1, 0.15) is 0 Å². The van der Waals surface area contributed by atoms with E-state index in [0.717, 1.165) is 15.8 Å². The summed E-state index contributed by atoms with van der Waals surface area (Å²) in [5.41, 5.74) is 1.68. The minimum Gasteiger partial charge on any atom is -0.250 e. The first-order chi connectivity index (χ1) is 11.6. The predicted molar refractivity (Wildman–Crippen MR) is 92.7 cm³/mol. The van der Waals surface area contributed by atoms with E-state index in [2.05, 4.69) is 10.4 Å². The van der Waals surface area contributed by atoms with Crippen LogP contribution in [0, 0.1) is 6.92 Å². The molecule has 0 radical (unpaired) electrons. The van der Waals surface area contributed by atoms with Crippen molar-refractivity contribution in [3.05, 3.63) is 81.6 Å². The molecule has 2 aromatic carbocycles. The minimum atomic E-state index is -1.35. The lowest BCUT2D eigenvalue weighted by atomic mass is 10.2. The van der Waals surface area contributed by atoms with Crippen molar-refractivity contribution in [2.75, 3.05) is 0 Å². The second-order valence-corrected chi connectivity index (χ2v) is 6.58. The summed E-state index contributed by atoms with van der Waals surface area (Å²) in [4.78, 5) is 12.9. The van der Waals surface area contributed by atoms with Gasteiger partial charge in [-0.1, -0.05) is 48.0 Å². The molecule has 0 fully saturated rings. The highest BCUT2D eigenvalue weighted by atomic mass is 32.2. The Labute approximate surface area is 141 Å². The second kappa shape index (κ2) is 7.18. The molecule has 1 atom stereocenters. The molecular weight excluding hydrogens is 324 g/mol. The molecule has 0 bridgehead atoms. The molecule has 0 aliphatic heterocycles. The third-order valence-electron chi connectivity index (χ3n) is 3.42. The number of rotatable bonds is 5. The Balaban J connectivity index is 1.75. The van der Waals surface area contributed by atoms with Crippen LogP contribution in [0.1, 0.15) is 11.1 Å². The third-order valence-corrected chi connectivity index (χ3v) is 4.52. The average molecular weight is 340 g/mol. The van der Waals surface area contributed by atoms with Crippen LogP contribution < -0.4 is 5.69 Å². The highest BCUT2D eigenvalue weighted by molar-refractivity contribution is 7.88. The van der Waals surface area contributed by atoms with Crippen molar-refractivity contribution in [3.63, 3.8) is 0 Å². The quantitative estimate of drug-likeness (QED) is 0.713. The molecule has 0 spiro atoms. The number of tetrazole rings is 1. The van der Waals surface area contributed by atoms with Crippen LogP contribution in [0.15, 0.2) is 69.7 Å². The molecule has 0 aliphatic carbocycles. The summed E-state index contributed by atoms with van der Waals surface area (Å²) in [6.45, 7) is 2.31. The fourth-order valence-corrected chi connectivity index (χ4v) is 2.89. The van der Waals surface area contributed by atoms with Gasteiger partial charge in [-0.2, -0.15) is 9.36 Å². The summed E-state index contributed by atoms with van der Waals surface area (Å²) in [6.07, 6.45) is 1.38. The van der Waals surface area contributed by atoms with Crippen LogP contribution in [0.4, 0.5) is 0 Å². The van der Waals surface area contributed by atoms with Gasteiger partial charge < -0.3 is 0 Å². The highest BCUT2D eigenvalue weighted by Gasteiger charge is 2.06. The van der Waals surface area contributed by atoms with E-state index in [1.54, 1.807) is 12.1 Å². The Bertz CT molecular complexity index is 927. The first-order valence-electron chi connectivity index (χ1n) is 7.35. The van der Waals surface area contributed by atoms with Crippen LogP contribution >= 0.6 is 0 Å². The number of aromatic nitrogens is 4. The lowest BCUT2D eigenvalue weighted by Gasteiger charge is -1.98. The number of hydrogen-bond donors (Lipinski definition) is 0. The maximum Gasteiger partial charge on any atom is 0.368 e. The van der Waals surface area contributed by atoms with E-state index in [0.29, 0.717) is 11.4 Å². The molecule has 0 aliphatic rings. The van der Waals surface area contributed by atoms with Crippen molar-refractivity contribution in [2.24, 2.45) is 0 Å². The van der Waals surface area contributed by atoms with Crippen molar-refractivity contribution < 1.29 is 4.21 Å². The van der Waals surface area contributed by atoms with Gasteiger partial charge in [-0.25, -0.2) is 9.00 Å². The molecule has 1 aromatic heterocycles. The van der Waals surface area contributed by atoms with Crippen LogP contribution in [-0.2, 0) is 17.3 Å². The number of benzene rings is 2. The van der Waals surface area contributed by atoms with E-state index in [4.69, 9.17) is 0 Å². The van der Waals surface area contributed by atoms with Gasteiger partial charge in [0.05, 0.1) is 17.3 Å². The Morgan fingerprint density at radius 2 is 1.75 bits per heavy atom. The number of aryl methyl sites for hydroxylation is 1. The van der Waals surface area contributed by atoms with E-state index >= 15 is 0 Å². The van der Waals surface area contributed by atoms with Gasteiger partial charge in [-0.15, -0.1) is 0 Å². The first kappa shape index (κ1) is 16.1. The van der Waals surface area contributed by atoms with Crippen LogP contribution in [0.3, 0.4) is 0 Å². The molecule has 0 saturated heterocycles. The van der Waals surface area contributed by atoms with Gasteiger partial charge in [0.2, 0.25) is 0 Å². The molecule has 122 valence electrons. The fourth-order valence-electron chi connectivity index (χ4n) is 2.10. The second-order valence-electron chi connectivity index (χ2n) is 5.24. The zero-order chi connectivity index (χ0) is 16.9. The van der Waals surface area contributed by atoms with Crippen LogP contribution in [0.2, 0.25) is 0 Å². The van der Waals surface area contributed by atoms with E-state index in [-0.39, 0.29) is 5.69 Å². The Hall–Kier alpha value is -2.80. The van der Waals surface area contributed by atoms with Crippen LogP contribution in [0.25, 0.3) is 6.20 Å². The van der Waals surface area contributed by atoms with Gasteiger partial charge in [0, 0.05) is 16.5 Å². The molecule has 24 heavy (non-hydrogen) atoms. The summed E-state index contributed by atoms with van der Waals surface area (Å²) < 4.78 is 14.5. The maximum atomic E-state index is 12.2. The smallest absolute Gasteiger partial charge is 0.250 e. The van der Waals surface area contributed by atoms with Crippen molar-refractivity contribution >= 4 is 17.0 Å². The van der Waals surface area contributed by atoms with E-state index < -0.39 is 10.8 Å². The standard InChI is InChI=1S/C17H16N4O2S/c1-14-7-9-16(10-8-14)24(23)12-11-20-17(22)21(19-18-20)13-15-5-3-2-4-6-15/h2-12H,13H2,1H3/b12-11+. The van der Waals surface area contributed by atoms with E-state index in [1.807, 2.05) is 49.4 Å². The van der Waals surface area contributed by atoms with E-state index in [1.165, 1.54) is 16.3 Å². The van der Waals surface area contributed by atoms with E-state index in [9.17, 15) is 9.00 Å². The largest absolute Gasteiger partial charge is 0.368 e. The summed E-state index contributed by atoms with van der Waals surface area (Å²) in [6, 6.07) is 16.9. The van der Waals surface area contributed by atoms with Crippen molar-refractivity contribution in [3.8, 4) is 0 Å². The van der Waals surface area contributed by atoms with Gasteiger partial charge in [-0.05, 0) is 35.0 Å². The van der Waals surface area contributed by atoms with Crippen LogP contribution in [-0.4, -0.2) is 24.0 Å². The molecule has 6 nitrogen and oxygen atoms in total.